The van der Waals surface area contributed by atoms with E-state index in [2.05, 4.69) is 9.82 Å². The van der Waals surface area contributed by atoms with E-state index in [1.54, 1.807) is 23.7 Å². The molecule has 28 heavy (non-hydrogen) atoms. The fraction of sp³-hybridized carbons (Fsp3) is 0.316. The Balaban J connectivity index is 1.84. The SMILES string of the molecule is CCOc1ccc(S(=O)(=O)NCC(c2ccco2)n2nc(C)cc2C)cc1F. The van der Waals surface area contributed by atoms with E-state index in [1.165, 1.54) is 18.4 Å². The summed E-state index contributed by atoms with van der Waals surface area (Å²) in [5, 5.41) is 4.43. The molecule has 0 aliphatic carbocycles. The van der Waals surface area contributed by atoms with Crippen molar-refractivity contribution in [3.05, 3.63) is 65.6 Å². The predicted molar refractivity (Wildman–Crippen MR) is 101 cm³/mol. The summed E-state index contributed by atoms with van der Waals surface area (Å²) < 4.78 is 54.2. The van der Waals surface area contributed by atoms with Crippen LogP contribution in [-0.2, 0) is 10.0 Å². The molecule has 7 nitrogen and oxygen atoms in total. The standard InChI is InChI=1S/C19H22FN3O4S/c1-4-26-18-8-7-15(11-16(18)20)28(24,25)21-12-17(19-6-5-9-27-19)23-14(3)10-13(2)22-23/h5-11,17,21H,4,12H2,1-3H3. The highest BCUT2D eigenvalue weighted by Gasteiger charge is 2.24. The maximum absolute atomic E-state index is 14.1. The third-order valence-electron chi connectivity index (χ3n) is 4.19. The Morgan fingerprint density at radius 2 is 2.07 bits per heavy atom. The number of furan rings is 1. The molecule has 0 saturated heterocycles. The summed E-state index contributed by atoms with van der Waals surface area (Å²) in [6.45, 7) is 5.74. The minimum atomic E-state index is -3.94. The van der Waals surface area contributed by atoms with Crippen LogP contribution in [0.5, 0.6) is 5.75 Å². The molecule has 1 N–H and O–H groups in total. The van der Waals surface area contributed by atoms with Crippen LogP contribution in [-0.4, -0.2) is 31.3 Å². The van der Waals surface area contributed by atoms with E-state index in [1.807, 2.05) is 19.9 Å². The summed E-state index contributed by atoms with van der Waals surface area (Å²) in [4.78, 5) is -0.181. The molecule has 1 aromatic carbocycles. The minimum Gasteiger partial charge on any atom is -0.491 e. The Bertz CT molecular complexity index is 1050. The molecule has 9 heteroatoms. The molecule has 3 rings (SSSR count). The van der Waals surface area contributed by atoms with Gasteiger partial charge in [-0.25, -0.2) is 17.5 Å². The third kappa shape index (κ3) is 4.26. The summed E-state index contributed by atoms with van der Waals surface area (Å²) in [6, 6.07) is 8.45. The maximum atomic E-state index is 14.1. The van der Waals surface area contributed by atoms with Crippen LogP contribution in [0.25, 0.3) is 0 Å². The largest absolute Gasteiger partial charge is 0.491 e. The van der Waals surface area contributed by atoms with E-state index in [0.29, 0.717) is 5.76 Å². The zero-order valence-electron chi connectivity index (χ0n) is 15.8. The molecule has 0 spiro atoms. The highest BCUT2D eigenvalue weighted by molar-refractivity contribution is 7.89. The molecule has 0 amide bonds. The van der Waals surface area contributed by atoms with Crippen molar-refractivity contribution in [3.8, 4) is 5.75 Å². The highest BCUT2D eigenvalue weighted by Crippen LogP contribution is 2.23. The first kappa shape index (κ1) is 20.1. The van der Waals surface area contributed by atoms with Crippen LogP contribution in [0.1, 0.15) is 30.1 Å². The number of ether oxygens (including phenoxy) is 1. The smallest absolute Gasteiger partial charge is 0.240 e. The first-order valence-corrected chi connectivity index (χ1v) is 10.3. The Kier molecular flexibility index (Phi) is 5.85. The predicted octanol–water partition coefficient (Wildman–Crippen LogP) is 3.20. The van der Waals surface area contributed by atoms with Gasteiger partial charge in [0.05, 0.1) is 23.5 Å². The fourth-order valence-electron chi connectivity index (χ4n) is 2.94. The van der Waals surface area contributed by atoms with Crippen LogP contribution >= 0.6 is 0 Å². The van der Waals surface area contributed by atoms with Gasteiger partial charge < -0.3 is 9.15 Å². The third-order valence-corrected chi connectivity index (χ3v) is 5.61. The lowest BCUT2D eigenvalue weighted by molar-refractivity contribution is 0.321. The minimum absolute atomic E-state index is 0.00730. The molecule has 0 fully saturated rings. The van der Waals surface area contributed by atoms with Crippen LogP contribution < -0.4 is 9.46 Å². The van der Waals surface area contributed by atoms with Gasteiger partial charge in [-0.15, -0.1) is 0 Å². The zero-order valence-corrected chi connectivity index (χ0v) is 16.7. The summed E-state index contributed by atoms with van der Waals surface area (Å²) in [6.07, 6.45) is 1.52. The van der Waals surface area contributed by atoms with Crippen LogP contribution in [0.4, 0.5) is 4.39 Å². The van der Waals surface area contributed by atoms with Gasteiger partial charge in [0.25, 0.3) is 0 Å². The lowest BCUT2D eigenvalue weighted by atomic mass is 10.2. The molecule has 0 aliphatic rings. The number of nitrogens with one attached hydrogen (secondary N) is 1. The Hall–Kier alpha value is -2.65. The second-order valence-electron chi connectivity index (χ2n) is 6.28. The molecule has 0 bridgehead atoms. The zero-order chi connectivity index (χ0) is 20.3. The van der Waals surface area contributed by atoms with E-state index in [9.17, 15) is 12.8 Å². The topological polar surface area (TPSA) is 86.4 Å². The molecule has 3 aromatic rings. The van der Waals surface area contributed by atoms with Gasteiger partial charge in [-0.05, 0) is 57.2 Å². The number of benzene rings is 1. The number of aromatic nitrogens is 2. The average molecular weight is 407 g/mol. The highest BCUT2D eigenvalue weighted by atomic mass is 32.2. The van der Waals surface area contributed by atoms with E-state index in [-0.39, 0.29) is 23.8 Å². The van der Waals surface area contributed by atoms with Crippen molar-refractivity contribution in [3.63, 3.8) is 0 Å². The number of sulfonamides is 1. The first-order chi connectivity index (χ1) is 13.3. The van der Waals surface area contributed by atoms with Crippen molar-refractivity contribution in [1.82, 2.24) is 14.5 Å². The maximum Gasteiger partial charge on any atom is 0.240 e. The number of hydrogen-bond acceptors (Lipinski definition) is 5. The van der Waals surface area contributed by atoms with Gasteiger partial charge in [0.1, 0.15) is 11.8 Å². The molecule has 0 aliphatic heterocycles. The van der Waals surface area contributed by atoms with E-state index in [4.69, 9.17) is 9.15 Å². The van der Waals surface area contributed by atoms with E-state index in [0.717, 1.165) is 17.5 Å². The molecular weight excluding hydrogens is 385 g/mol. The van der Waals surface area contributed by atoms with E-state index >= 15 is 0 Å². The van der Waals surface area contributed by atoms with Gasteiger partial charge in [-0.1, -0.05) is 0 Å². The number of nitrogens with zero attached hydrogens (tertiary/aromatic N) is 2. The van der Waals surface area contributed by atoms with Crippen LogP contribution in [0.3, 0.4) is 0 Å². The number of halogens is 1. The normalized spacial score (nSPS) is 12.9. The monoisotopic (exact) mass is 407 g/mol. The Labute approximate surface area is 163 Å². The molecule has 2 aromatic heterocycles. The summed E-state index contributed by atoms with van der Waals surface area (Å²) >= 11 is 0. The molecular formula is C19H22FN3O4S. The van der Waals surface area contributed by atoms with Crippen molar-refractivity contribution in [2.75, 3.05) is 13.2 Å². The molecule has 0 saturated carbocycles. The molecule has 0 radical (unpaired) electrons. The van der Waals surface area contributed by atoms with E-state index < -0.39 is 21.9 Å². The molecule has 1 atom stereocenters. The summed E-state index contributed by atoms with van der Waals surface area (Å²) in [5.74, 6) is -0.157. The fourth-order valence-corrected chi connectivity index (χ4v) is 3.99. The number of aryl methyl sites for hydroxylation is 2. The van der Waals surface area contributed by atoms with Gasteiger partial charge in [0.15, 0.2) is 11.6 Å². The van der Waals surface area contributed by atoms with Gasteiger partial charge in [0, 0.05) is 12.2 Å². The summed E-state index contributed by atoms with van der Waals surface area (Å²) in [5.41, 5.74) is 1.68. The lowest BCUT2D eigenvalue weighted by Gasteiger charge is -2.18. The Morgan fingerprint density at radius 1 is 1.29 bits per heavy atom. The van der Waals surface area contributed by atoms with Crippen LogP contribution in [0.15, 0.2) is 52.0 Å². The van der Waals surface area contributed by atoms with Gasteiger partial charge >= 0.3 is 0 Å². The number of rotatable bonds is 8. The second kappa shape index (κ2) is 8.15. The Morgan fingerprint density at radius 3 is 2.64 bits per heavy atom. The molecule has 1 unspecified atom stereocenters. The lowest BCUT2D eigenvalue weighted by Crippen LogP contribution is -2.32. The van der Waals surface area contributed by atoms with Crippen molar-refractivity contribution < 1.29 is 22.0 Å². The van der Waals surface area contributed by atoms with Crippen LogP contribution in [0.2, 0.25) is 0 Å². The number of hydrogen-bond donors (Lipinski definition) is 1. The van der Waals surface area contributed by atoms with Crippen molar-refractivity contribution in [1.29, 1.82) is 0 Å². The van der Waals surface area contributed by atoms with Crippen LogP contribution in [0, 0.1) is 19.7 Å². The quantitative estimate of drug-likeness (QED) is 0.620. The molecule has 2 heterocycles. The van der Waals surface area contributed by atoms with Gasteiger partial charge in [-0.2, -0.15) is 5.10 Å². The van der Waals surface area contributed by atoms with Crippen molar-refractivity contribution in [2.24, 2.45) is 0 Å². The average Bonchev–Trinajstić information content (AvgIpc) is 3.27. The van der Waals surface area contributed by atoms with Gasteiger partial charge in [0.2, 0.25) is 10.0 Å². The molecule has 150 valence electrons. The van der Waals surface area contributed by atoms with Crippen molar-refractivity contribution in [2.45, 2.75) is 31.7 Å². The van der Waals surface area contributed by atoms with Gasteiger partial charge in [-0.3, -0.25) is 4.68 Å². The second-order valence-corrected chi connectivity index (χ2v) is 8.05. The summed E-state index contributed by atoms with van der Waals surface area (Å²) in [7, 11) is -3.94. The first-order valence-electron chi connectivity index (χ1n) is 8.80. The van der Waals surface area contributed by atoms with Crippen molar-refractivity contribution >= 4 is 10.0 Å².